The molecular weight excluding hydrogens is 184 g/mol. The van der Waals surface area contributed by atoms with Gasteiger partial charge in [0, 0.05) is 31.7 Å². The van der Waals surface area contributed by atoms with E-state index in [-0.39, 0.29) is 0 Å². The fourth-order valence-corrected chi connectivity index (χ4v) is 2.82. The van der Waals surface area contributed by atoms with E-state index in [1.165, 1.54) is 38.9 Å². The molecule has 2 fully saturated rings. The van der Waals surface area contributed by atoms with Gasteiger partial charge in [0.2, 0.25) is 0 Å². The van der Waals surface area contributed by atoms with Gasteiger partial charge in [-0.2, -0.15) is 0 Å². The van der Waals surface area contributed by atoms with E-state index in [4.69, 9.17) is 0 Å². The smallest absolute Gasteiger partial charge is 0.0198 e. The Bertz CT molecular complexity index is 199. The summed E-state index contributed by atoms with van der Waals surface area (Å²) < 4.78 is 0. The summed E-state index contributed by atoms with van der Waals surface area (Å²) in [5.41, 5.74) is 0. The lowest BCUT2D eigenvalue weighted by molar-refractivity contribution is 0.131. The summed E-state index contributed by atoms with van der Waals surface area (Å²) in [6.45, 7) is 10.8. The highest BCUT2D eigenvalue weighted by atomic mass is 15.2. The Balaban J connectivity index is 1.80. The first-order chi connectivity index (χ1) is 7.16. The van der Waals surface area contributed by atoms with E-state index >= 15 is 0 Å². The summed E-state index contributed by atoms with van der Waals surface area (Å²) in [4.78, 5) is 2.71. The monoisotopic (exact) mass is 210 g/mol. The molecule has 88 valence electrons. The van der Waals surface area contributed by atoms with Crippen LogP contribution in [0.3, 0.4) is 0 Å². The zero-order chi connectivity index (χ0) is 10.8. The summed E-state index contributed by atoms with van der Waals surface area (Å²) in [6, 6.07) is 1.57. The molecule has 1 saturated heterocycles. The van der Waals surface area contributed by atoms with E-state index in [0.29, 0.717) is 0 Å². The Kier molecular flexibility index (Phi) is 3.68. The Hall–Kier alpha value is -0.0800. The Morgan fingerprint density at radius 3 is 2.60 bits per heavy atom. The van der Waals surface area contributed by atoms with E-state index < -0.39 is 0 Å². The third-order valence-electron chi connectivity index (χ3n) is 3.92. The quantitative estimate of drug-likeness (QED) is 0.764. The van der Waals surface area contributed by atoms with Gasteiger partial charge < -0.3 is 5.32 Å². The number of piperazine rings is 1. The van der Waals surface area contributed by atoms with Crippen LogP contribution in [0, 0.1) is 11.8 Å². The van der Waals surface area contributed by atoms with Gasteiger partial charge in [-0.05, 0) is 38.0 Å². The van der Waals surface area contributed by atoms with Crippen molar-refractivity contribution in [2.75, 3.05) is 19.6 Å². The zero-order valence-corrected chi connectivity index (χ0v) is 10.5. The molecule has 0 radical (unpaired) electrons. The van der Waals surface area contributed by atoms with Crippen molar-refractivity contribution in [3.8, 4) is 0 Å². The summed E-state index contributed by atoms with van der Waals surface area (Å²) in [6.07, 6.45) is 4.27. The summed E-state index contributed by atoms with van der Waals surface area (Å²) >= 11 is 0. The van der Waals surface area contributed by atoms with Gasteiger partial charge in [0.25, 0.3) is 0 Å². The first-order valence-corrected chi connectivity index (χ1v) is 6.64. The molecule has 2 unspecified atom stereocenters. The fourth-order valence-electron chi connectivity index (χ4n) is 2.82. The molecular formula is C13H26N2. The van der Waals surface area contributed by atoms with Gasteiger partial charge in [-0.3, -0.25) is 4.90 Å². The molecule has 2 heteroatoms. The van der Waals surface area contributed by atoms with E-state index in [1.54, 1.807) is 0 Å². The molecule has 0 aromatic carbocycles. The molecule has 1 aliphatic carbocycles. The number of nitrogens with zero attached hydrogens (tertiary/aromatic N) is 1. The summed E-state index contributed by atoms with van der Waals surface area (Å²) in [5, 5.41) is 3.65. The maximum absolute atomic E-state index is 3.65. The molecule has 2 aliphatic rings. The molecule has 2 atom stereocenters. The average Bonchev–Trinajstić information content (AvgIpc) is 2.99. The average molecular weight is 210 g/mol. The highest BCUT2D eigenvalue weighted by Gasteiger charge is 2.33. The predicted molar refractivity (Wildman–Crippen MR) is 65.0 cm³/mol. The Morgan fingerprint density at radius 1 is 1.27 bits per heavy atom. The van der Waals surface area contributed by atoms with Crippen LogP contribution >= 0.6 is 0 Å². The second-order valence-electron chi connectivity index (χ2n) is 5.85. The Labute approximate surface area is 94.4 Å². The fraction of sp³-hybridized carbons (Fsp3) is 1.00. The van der Waals surface area contributed by atoms with Crippen molar-refractivity contribution < 1.29 is 0 Å². The van der Waals surface area contributed by atoms with Crippen molar-refractivity contribution in [2.45, 2.75) is 52.1 Å². The van der Waals surface area contributed by atoms with Crippen molar-refractivity contribution in [3.05, 3.63) is 0 Å². The minimum Gasteiger partial charge on any atom is -0.311 e. The molecule has 1 heterocycles. The lowest BCUT2D eigenvalue weighted by Crippen LogP contribution is -2.54. The number of hydrogen-bond acceptors (Lipinski definition) is 2. The molecule has 0 spiro atoms. The second-order valence-corrected chi connectivity index (χ2v) is 5.85. The van der Waals surface area contributed by atoms with E-state index in [1.807, 2.05) is 0 Å². The van der Waals surface area contributed by atoms with Gasteiger partial charge >= 0.3 is 0 Å². The molecule has 15 heavy (non-hydrogen) atoms. The lowest BCUT2D eigenvalue weighted by atomic mass is 10.0. The molecule has 1 aliphatic heterocycles. The van der Waals surface area contributed by atoms with Crippen molar-refractivity contribution in [1.29, 1.82) is 0 Å². The van der Waals surface area contributed by atoms with Gasteiger partial charge in [-0.15, -0.1) is 0 Å². The molecule has 0 aromatic rings. The first kappa shape index (κ1) is 11.4. The number of nitrogens with one attached hydrogen (secondary N) is 1. The third-order valence-corrected chi connectivity index (χ3v) is 3.92. The zero-order valence-electron chi connectivity index (χ0n) is 10.5. The van der Waals surface area contributed by atoms with Crippen molar-refractivity contribution >= 4 is 0 Å². The largest absolute Gasteiger partial charge is 0.311 e. The van der Waals surface area contributed by atoms with Gasteiger partial charge in [0.15, 0.2) is 0 Å². The normalized spacial score (nSPS) is 30.8. The topological polar surface area (TPSA) is 15.3 Å². The molecule has 1 saturated carbocycles. The van der Waals surface area contributed by atoms with Gasteiger partial charge in [-0.1, -0.05) is 13.8 Å². The standard InChI is InChI=1S/C13H26N2/c1-10(2)8-13-9-15(7-6-14-13)11(3)12-4-5-12/h10-14H,4-9H2,1-3H3. The summed E-state index contributed by atoms with van der Waals surface area (Å²) in [5.74, 6) is 1.83. The first-order valence-electron chi connectivity index (χ1n) is 6.64. The van der Waals surface area contributed by atoms with Crippen LogP contribution in [0.2, 0.25) is 0 Å². The maximum Gasteiger partial charge on any atom is 0.0198 e. The van der Waals surface area contributed by atoms with Crippen molar-refractivity contribution in [3.63, 3.8) is 0 Å². The van der Waals surface area contributed by atoms with Gasteiger partial charge in [-0.25, -0.2) is 0 Å². The molecule has 0 amide bonds. The van der Waals surface area contributed by atoms with Crippen LogP contribution in [0.15, 0.2) is 0 Å². The van der Waals surface area contributed by atoms with Crippen LogP contribution in [0.5, 0.6) is 0 Å². The van der Waals surface area contributed by atoms with Crippen LogP contribution in [0.1, 0.15) is 40.0 Å². The van der Waals surface area contributed by atoms with Crippen LogP contribution in [-0.2, 0) is 0 Å². The number of rotatable bonds is 4. The molecule has 0 aromatic heterocycles. The van der Waals surface area contributed by atoms with E-state index in [2.05, 4.69) is 31.0 Å². The summed E-state index contributed by atoms with van der Waals surface area (Å²) in [7, 11) is 0. The second kappa shape index (κ2) is 4.84. The minimum atomic E-state index is 0.736. The van der Waals surface area contributed by atoms with Crippen LogP contribution < -0.4 is 5.32 Å². The van der Waals surface area contributed by atoms with Crippen LogP contribution in [-0.4, -0.2) is 36.6 Å². The molecule has 0 bridgehead atoms. The Morgan fingerprint density at radius 2 is 2.00 bits per heavy atom. The molecule has 2 nitrogen and oxygen atoms in total. The molecule has 2 rings (SSSR count). The van der Waals surface area contributed by atoms with Crippen LogP contribution in [0.4, 0.5) is 0 Å². The van der Waals surface area contributed by atoms with Crippen molar-refractivity contribution in [1.82, 2.24) is 10.2 Å². The van der Waals surface area contributed by atoms with E-state index in [0.717, 1.165) is 23.9 Å². The van der Waals surface area contributed by atoms with E-state index in [9.17, 15) is 0 Å². The molecule has 1 N–H and O–H groups in total. The third kappa shape index (κ3) is 3.18. The van der Waals surface area contributed by atoms with Gasteiger partial charge in [0.1, 0.15) is 0 Å². The minimum absolute atomic E-state index is 0.736. The van der Waals surface area contributed by atoms with Gasteiger partial charge in [0.05, 0.1) is 0 Å². The van der Waals surface area contributed by atoms with Crippen LogP contribution in [0.25, 0.3) is 0 Å². The number of hydrogen-bond donors (Lipinski definition) is 1. The predicted octanol–water partition coefficient (Wildman–Crippen LogP) is 2.10. The maximum atomic E-state index is 3.65. The lowest BCUT2D eigenvalue weighted by Gasteiger charge is -2.38. The van der Waals surface area contributed by atoms with Crippen molar-refractivity contribution in [2.24, 2.45) is 11.8 Å². The SMILES string of the molecule is CC(C)CC1CN(C(C)C2CC2)CCN1. The highest BCUT2D eigenvalue weighted by molar-refractivity contribution is 4.89. The highest BCUT2D eigenvalue weighted by Crippen LogP contribution is 2.35.